The van der Waals surface area contributed by atoms with Gasteiger partial charge in [0.2, 0.25) is 11.5 Å². The van der Waals surface area contributed by atoms with Crippen LogP contribution in [-0.4, -0.2) is 15.8 Å². The lowest BCUT2D eigenvalue weighted by Gasteiger charge is -2.35. The number of aliphatic hydroxyl groups excluding tert-OH is 1. The van der Waals surface area contributed by atoms with Gasteiger partial charge in [-0.3, -0.25) is 14.9 Å². The van der Waals surface area contributed by atoms with Gasteiger partial charge >= 0.3 is 0 Å². The summed E-state index contributed by atoms with van der Waals surface area (Å²) in [6.07, 6.45) is 0.360. The first-order valence-corrected chi connectivity index (χ1v) is 4.72. The lowest BCUT2D eigenvalue weighted by atomic mass is 9.66. The lowest BCUT2D eigenvalue weighted by Crippen LogP contribution is -2.41. The predicted octanol–water partition coefficient (Wildman–Crippen LogP) is 2.06. The van der Waals surface area contributed by atoms with Crippen molar-refractivity contribution in [2.24, 2.45) is 10.8 Å². The summed E-state index contributed by atoms with van der Waals surface area (Å²) in [7, 11) is 0. The van der Waals surface area contributed by atoms with Gasteiger partial charge in [-0.1, -0.05) is 13.8 Å². The van der Waals surface area contributed by atoms with Crippen molar-refractivity contribution in [2.75, 3.05) is 0 Å². The molecule has 1 aliphatic rings. The molecule has 0 radical (unpaired) electrons. The number of nitro groups is 1. The first kappa shape index (κ1) is 11.7. The summed E-state index contributed by atoms with van der Waals surface area (Å²) in [4.78, 5) is 21.7. The highest BCUT2D eigenvalue weighted by atomic mass is 16.6. The maximum absolute atomic E-state index is 11.6. The van der Waals surface area contributed by atoms with Crippen LogP contribution in [0.4, 0.5) is 0 Å². The maximum Gasteiger partial charge on any atom is 0.296 e. The van der Waals surface area contributed by atoms with Gasteiger partial charge in [0.1, 0.15) is 0 Å². The Bertz CT molecular complexity index is 366. The van der Waals surface area contributed by atoms with Gasteiger partial charge in [-0.2, -0.15) is 0 Å². The van der Waals surface area contributed by atoms with Crippen molar-refractivity contribution in [1.29, 1.82) is 0 Å². The van der Waals surface area contributed by atoms with E-state index in [0.29, 0.717) is 6.42 Å². The number of carbonyl (C=O) groups excluding carboxylic acids is 1. The number of ketones is 1. The van der Waals surface area contributed by atoms with Gasteiger partial charge in [0.15, 0.2) is 0 Å². The molecule has 0 heterocycles. The largest absolute Gasteiger partial charge is 0.500 e. The average molecular weight is 213 g/mol. The Morgan fingerprint density at radius 2 is 1.73 bits per heavy atom. The first-order chi connectivity index (χ1) is 6.59. The molecule has 0 aromatic heterocycles. The molecule has 1 rings (SSSR count). The molecule has 0 aromatic rings. The fourth-order valence-electron chi connectivity index (χ4n) is 2.35. The Kier molecular flexibility index (Phi) is 2.38. The van der Waals surface area contributed by atoms with Gasteiger partial charge in [0.25, 0.3) is 5.70 Å². The summed E-state index contributed by atoms with van der Waals surface area (Å²) in [5.74, 6) is -1.24. The van der Waals surface area contributed by atoms with Gasteiger partial charge in [-0.15, -0.1) is 0 Å². The summed E-state index contributed by atoms with van der Waals surface area (Å²) < 4.78 is 0. The Balaban J connectivity index is 3.40. The highest BCUT2D eigenvalue weighted by molar-refractivity contribution is 5.98. The number of aliphatic hydroxyl groups is 1. The van der Waals surface area contributed by atoms with E-state index in [1.54, 1.807) is 27.7 Å². The van der Waals surface area contributed by atoms with Crippen LogP contribution in [0.25, 0.3) is 0 Å². The molecular formula is C10H15NO4. The fourth-order valence-corrected chi connectivity index (χ4v) is 2.35. The van der Waals surface area contributed by atoms with Gasteiger partial charge in [-0.05, 0) is 20.3 Å². The van der Waals surface area contributed by atoms with E-state index in [2.05, 4.69) is 0 Å². The third-order valence-corrected chi connectivity index (χ3v) is 2.76. The van der Waals surface area contributed by atoms with E-state index in [0.717, 1.165) is 0 Å². The van der Waals surface area contributed by atoms with Crippen molar-refractivity contribution < 1.29 is 14.8 Å². The molecule has 5 heteroatoms. The van der Waals surface area contributed by atoms with Crippen LogP contribution in [0.3, 0.4) is 0 Å². The zero-order valence-electron chi connectivity index (χ0n) is 9.33. The van der Waals surface area contributed by atoms with Crippen molar-refractivity contribution in [3.05, 3.63) is 21.6 Å². The minimum absolute atomic E-state index is 0.360. The molecule has 0 aliphatic heterocycles. The van der Waals surface area contributed by atoms with Crippen molar-refractivity contribution in [2.45, 2.75) is 34.1 Å². The van der Waals surface area contributed by atoms with Crippen molar-refractivity contribution in [1.82, 2.24) is 0 Å². The molecular weight excluding hydrogens is 198 g/mol. The molecule has 84 valence electrons. The van der Waals surface area contributed by atoms with Crippen molar-refractivity contribution >= 4 is 5.78 Å². The van der Waals surface area contributed by atoms with Gasteiger partial charge in [0.05, 0.1) is 10.3 Å². The van der Waals surface area contributed by atoms with E-state index in [4.69, 9.17) is 0 Å². The first-order valence-electron chi connectivity index (χ1n) is 4.72. The molecule has 0 bridgehead atoms. The quantitative estimate of drug-likeness (QED) is 0.534. The van der Waals surface area contributed by atoms with Crippen LogP contribution < -0.4 is 0 Å². The minimum Gasteiger partial charge on any atom is -0.500 e. The Morgan fingerprint density at radius 3 is 2.13 bits per heavy atom. The Hall–Kier alpha value is -1.39. The summed E-state index contributed by atoms with van der Waals surface area (Å²) in [5.41, 5.74) is -1.90. The van der Waals surface area contributed by atoms with Crippen LogP contribution in [-0.2, 0) is 4.79 Å². The van der Waals surface area contributed by atoms with E-state index < -0.39 is 27.3 Å². The van der Waals surface area contributed by atoms with Crippen LogP contribution in [0.5, 0.6) is 0 Å². The van der Waals surface area contributed by atoms with Gasteiger partial charge in [-0.25, -0.2) is 0 Å². The molecule has 0 saturated carbocycles. The molecule has 0 atom stereocenters. The minimum atomic E-state index is -0.787. The molecule has 0 spiro atoms. The summed E-state index contributed by atoms with van der Waals surface area (Å²) >= 11 is 0. The third kappa shape index (κ3) is 1.73. The monoisotopic (exact) mass is 213 g/mol. The van der Waals surface area contributed by atoms with Crippen LogP contribution in [0.1, 0.15) is 34.1 Å². The molecule has 0 unspecified atom stereocenters. The zero-order chi connectivity index (χ0) is 12.0. The van der Waals surface area contributed by atoms with Crippen molar-refractivity contribution in [3.63, 3.8) is 0 Å². The molecule has 15 heavy (non-hydrogen) atoms. The molecule has 5 nitrogen and oxygen atoms in total. The molecule has 0 amide bonds. The van der Waals surface area contributed by atoms with Gasteiger partial charge < -0.3 is 5.11 Å². The summed E-state index contributed by atoms with van der Waals surface area (Å²) in [6.45, 7) is 6.69. The van der Waals surface area contributed by atoms with E-state index in [9.17, 15) is 20.0 Å². The van der Waals surface area contributed by atoms with Gasteiger partial charge in [0, 0.05) is 5.41 Å². The summed E-state index contributed by atoms with van der Waals surface area (Å²) in [6, 6.07) is 0. The average Bonchev–Trinajstić information content (AvgIpc) is 1.96. The van der Waals surface area contributed by atoms with E-state index in [-0.39, 0.29) is 5.70 Å². The molecule has 0 saturated heterocycles. The number of Topliss-reactive ketones (excluding diaryl/α,β-unsaturated/α-hetero) is 1. The van der Waals surface area contributed by atoms with E-state index in [1.165, 1.54) is 0 Å². The lowest BCUT2D eigenvalue weighted by molar-refractivity contribution is -0.444. The van der Waals surface area contributed by atoms with Crippen LogP contribution in [0, 0.1) is 20.9 Å². The predicted molar refractivity (Wildman–Crippen MR) is 53.8 cm³/mol. The Labute approximate surface area is 87.9 Å². The second-order valence-corrected chi connectivity index (χ2v) is 5.23. The highest BCUT2D eigenvalue weighted by Crippen LogP contribution is 2.46. The second kappa shape index (κ2) is 3.05. The normalized spacial score (nSPS) is 24.1. The fraction of sp³-hybridized carbons (Fsp3) is 0.700. The van der Waals surface area contributed by atoms with E-state index >= 15 is 0 Å². The molecule has 1 N–H and O–H groups in total. The van der Waals surface area contributed by atoms with Crippen LogP contribution in [0.15, 0.2) is 11.5 Å². The smallest absolute Gasteiger partial charge is 0.296 e. The number of hydrogen-bond donors (Lipinski definition) is 1. The molecule has 0 aromatic carbocycles. The number of rotatable bonds is 1. The number of allylic oxidation sites excluding steroid dienone is 2. The number of carbonyl (C=O) groups is 1. The standard InChI is InChI=1S/C10H15NO4/c1-9(2)5-10(3,4)8(13)6(12)7(9)11(14)15/h12H,5H2,1-4H3. The molecule has 1 aliphatic carbocycles. The second-order valence-electron chi connectivity index (χ2n) is 5.23. The zero-order valence-corrected chi connectivity index (χ0v) is 9.33. The SMILES string of the molecule is CC1(C)CC(C)(C)C([N+](=O)[O-])=C(O)C1=O. The number of nitrogens with zero attached hydrogens (tertiary/aromatic N) is 1. The number of hydrogen-bond acceptors (Lipinski definition) is 4. The van der Waals surface area contributed by atoms with Crippen molar-refractivity contribution in [3.8, 4) is 0 Å². The topological polar surface area (TPSA) is 80.4 Å². The Morgan fingerprint density at radius 1 is 1.27 bits per heavy atom. The highest BCUT2D eigenvalue weighted by Gasteiger charge is 2.51. The maximum atomic E-state index is 11.6. The summed E-state index contributed by atoms with van der Waals surface area (Å²) in [5, 5.41) is 20.3. The van der Waals surface area contributed by atoms with E-state index in [1.807, 2.05) is 0 Å². The van der Waals surface area contributed by atoms with Crippen LogP contribution in [0.2, 0.25) is 0 Å². The van der Waals surface area contributed by atoms with Crippen LogP contribution >= 0.6 is 0 Å². The molecule has 0 fully saturated rings. The third-order valence-electron chi connectivity index (χ3n) is 2.76.